The van der Waals surface area contributed by atoms with Crippen molar-refractivity contribution < 1.29 is 9.84 Å². The number of halogens is 1. The Kier molecular flexibility index (Phi) is 14.7. The molecule has 0 bridgehead atoms. The molecule has 1 unspecified atom stereocenters. The molecule has 1 aliphatic heterocycles. The van der Waals surface area contributed by atoms with Crippen LogP contribution >= 0.6 is 24.0 Å². The number of β-amino-alcohol motifs (C(OH)–C–C–N with tert-alkyl or cyclic N) is 1. The smallest absolute Gasteiger partial charge is 0.191 e. The molecule has 0 aromatic carbocycles. The largest absolute Gasteiger partial charge is 0.387 e. The Balaban J connectivity index is 0.00000729. The second-order valence-corrected chi connectivity index (χ2v) is 8.29. The van der Waals surface area contributed by atoms with Crippen molar-refractivity contribution in [3.05, 3.63) is 0 Å². The number of ether oxygens (including phenoxy) is 1. The quantitative estimate of drug-likeness (QED) is 0.169. The predicted octanol–water partition coefficient (Wildman–Crippen LogP) is 1.75. The lowest BCUT2D eigenvalue weighted by atomic mass is 10.1. The summed E-state index contributed by atoms with van der Waals surface area (Å²) in [4.78, 5) is 9.35. The third-order valence-corrected chi connectivity index (χ3v) is 4.80. The van der Waals surface area contributed by atoms with Gasteiger partial charge in [-0.2, -0.15) is 0 Å². The predicted molar refractivity (Wildman–Crippen MR) is 129 cm³/mol. The summed E-state index contributed by atoms with van der Waals surface area (Å²) in [7, 11) is 0. The minimum absolute atomic E-state index is 0. The van der Waals surface area contributed by atoms with Crippen LogP contribution in [0.1, 0.15) is 48.0 Å². The molecular formula is C20H44IN5O2. The molecule has 7 nitrogen and oxygen atoms in total. The van der Waals surface area contributed by atoms with Crippen molar-refractivity contribution in [3.63, 3.8) is 0 Å². The van der Waals surface area contributed by atoms with Gasteiger partial charge >= 0.3 is 0 Å². The molecule has 8 heteroatoms. The van der Waals surface area contributed by atoms with Gasteiger partial charge in [0.25, 0.3) is 0 Å². The van der Waals surface area contributed by atoms with Gasteiger partial charge in [-0.3, -0.25) is 14.8 Å². The molecule has 1 fully saturated rings. The topological polar surface area (TPSA) is 72.4 Å². The van der Waals surface area contributed by atoms with E-state index in [1.807, 2.05) is 6.92 Å². The van der Waals surface area contributed by atoms with Crippen LogP contribution in [0.15, 0.2) is 4.99 Å². The van der Waals surface area contributed by atoms with Crippen LogP contribution in [0.3, 0.4) is 0 Å². The van der Waals surface area contributed by atoms with Crippen LogP contribution in [0, 0.1) is 0 Å². The Morgan fingerprint density at radius 2 is 1.79 bits per heavy atom. The fourth-order valence-electron chi connectivity index (χ4n) is 3.46. The zero-order valence-electron chi connectivity index (χ0n) is 18.8. The summed E-state index contributed by atoms with van der Waals surface area (Å²) in [5.74, 6) is 0.778. The van der Waals surface area contributed by atoms with E-state index in [1.165, 1.54) is 0 Å². The Bertz CT molecular complexity index is 419. The lowest BCUT2D eigenvalue weighted by molar-refractivity contribution is -0.0180. The first-order chi connectivity index (χ1) is 12.7. The number of nitrogens with zero attached hydrogens (tertiary/aromatic N) is 3. The molecule has 0 aromatic rings. The molecule has 0 radical (unpaired) electrons. The molecule has 0 saturated carbocycles. The normalized spacial score (nSPS) is 18.3. The van der Waals surface area contributed by atoms with Gasteiger partial charge in [0.15, 0.2) is 5.96 Å². The monoisotopic (exact) mass is 513 g/mol. The van der Waals surface area contributed by atoms with Crippen molar-refractivity contribution >= 4 is 29.9 Å². The highest BCUT2D eigenvalue weighted by molar-refractivity contribution is 14.0. The van der Waals surface area contributed by atoms with Crippen molar-refractivity contribution in [2.75, 3.05) is 59.0 Å². The second kappa shape index (κ2) is 14.8. The molecule has 1 atom stereocenters. The van der Waals surface area contributed by atoms with E-state index in [0.717, 1.165) is 58.3 Å². The van der Waals surface area contributed by atoms with Gasteiger partial charge in [0, 0.05) is 51.4 Å². The molecule has 0 amide bonds. The van der Waals surface area contributed by atoms with E-state index in [-0.39, 0.29) is 24.0 Å². The summed E-state index contributed by atoms with van der Waals surface area (Å²) in [5.41, 5.74) is -0.841. The SMILES string of the molecule is CCNC(=NCC(C)(O)CN1CCOCC1)NCCCN(C(C)C)C(C)C.I. The van der Waals surface area contributed by atoms with Crippen molar-refractivity contribution in [1.82, 2.24) is 20.4 Å². The number of guanidine groups is 1. The van der Waals surface area contributed by atoms with Crippen LogP contribution in [0.5, 0.6) is 0 Å². The van der Waals surface area contributed by atoms with E-state index >= 15 is 0 Å². The molecule has 1 rings (SSSR count). The number of hydrogen-bond acceptors (Lipinski definition) is 5. The number of nitrogens with one attached hydrogen (secondary N) is 2. The zero-order valence-corrected chi connectivity index (χ0v) is 21.2. The third kappa shape index (κ3) is 11.7. The van der Waals surface area contributed by atoms with Gasteiger partial charge in [0.1, 0.15) is 0 Å². The zero-order chi connectivity index (χ0) is 20.3. The maximum absolute atomic E-state index is 10.7. The minimum Gasteiger partial charge on any atom is -0.387 e. The molecule has 0 spiro atoms. The van der Waals surface area contributed by atoms with Crippen LogP contribution in [-0.2, 0) is 4.74 Å². The van der Waals surface area contributed by atoms with Crippen LogP contribution in [0.2, 0.25) is 0 Å². The van der Waals surface area contributed by atoms with Gasteiger partial charge in [-0.15, -0.1) is 24.0 Å². The third-order valence-electron chi connectivity index (χ3n) is 4.80. The Hall–Kier alpha value is -0.160. The van der Waals surface area contributed by atoms with E-state index in [9.17, 15) is 5.11 Å². The highest BCUT2D eigenvalue weighted by atomic mass is 127. The summed E-state index contributed by atoms with van der Waals surface area (Å²) in [5, 5.41) is 17.4. The van der Waals surface area contributed by atoms with Gasteiger partial charge in [-0.05, 0) is 48.0 Å². The Morgan fingerprint density at radius 3 is 2.32 bits per heavy atom. The van der Waals surface area contributed by atoms with Crippen LogP contribution in [0.4, 0.5) is 0 Å². The minimum atomic E-state index is -0.841. The van der Waals surface area contributed by atoms with Crippen molar-refractivity contribution in [1.29, 1.82) is 0 Å². The van der Waals surface area contributed by atoms with Gasteiger partial charge in [0.2, 0.25) is 0 Å². The van der Waals surface area contributed by atoms with Gasteiger partial charge < -0.3 is 20.5 Å². The maximum atomic E-state index is 10.7. The van der Waals surface area contributed by atoms with E-state index < -0.39 is 5.60 Å². The van der Waals surface area contributed by atoms with E-state index in [0.29, 0.717) is 25.2 Å². The Morgan fingerprint density at radius 1 is 1.18 bits per heavy atom. The van der Waals surface area contributed by atoms with Gasteiger partial charge in [-0.25, -0.2) is 0 Å². The van der Waals surface area contributed by atoms with Gasteiger partial charge in [-0.1, -0.05) is 0 Å². The van der Waals surface area contributed by atoms with Crippen LogP contribution in [0.25, 0.3) is 0 Å². The first-order valence-corrected chi connectivity index (χ1v) is 10.6. The van der Waals surface area contributed by atoms with Gasteiger partial charge in [0.05, 0.1) is 25.4 Å². The van der Waals surface area contributed by atoms with Crippen molar-refractivity contribution in [2.45, 2.75) is 65.6 Å². The number of aliphatic imine (C=N–C) groups is 1. The first-order valence-electron chi connectivity index (χ1n) is 10.6. The first kappa shape index (κ1) is 27.8. The molecule has 1 saturated heterocycles. The van der Waals surface area contributed by atoms with Crippen LogP contribution < -0.4 is 10.6 Å². The van der Waals surface area contributed by atoms with Crippen molar-refractivity contribution in [3.8, 4) is 0 Å². The highest BCUT2D eigenvalue weighted by Gasteiger charge is 2.25. The fraction of sp³-hybridized carbons (Fsp3) is 0.950. The summed E-state index contributed by atoms with van der Waals surface area (Å²) in [6.07, 6.45) is 1.06. The lowest BCUT2D eigenvalue weighted by Crippen LogP contribution is -2.48. The second-order valence-electron chi connectivity index (χ2n) is 8.29. The van der Waals surface area contributed by atoms with E-state index in [2.05, 4.69) is 60.0 Å². The molecule has 28 heavy (non-hydrogen) atoms. The average Bonchev–Trinajstić information content (AvgIpc) is 2.59. The average molecular weight is 514 g/mol. The number of hydrogen-bond donors (Lipinski definition) is 3. The molecule has 168 valence electrons. The number of aliphatic hydroxyl groups is 1. The standard InChI is InChI=1S/C20H43N5O2.HI/c1-7-21-19(22-9-8-10-25(17(2)3)18(4)5)23-15-20(6,26)16-24-11-13-27-14-12-24;/h17-18,26H,7-16H2,1-6H3,(H2,21,22,23);1H. The fourth-order valence-corrected chi connectivity index (χ4v) is 3.46. The molecule has 0 aromatic heterocycles. The molecule has 0 aliphatic carbocycles. The molecule has 3 N–H and O–H groups in total. The summed E-state index contributed by atoms with van der Waals surface area (Å²) in [6, 6.07) is 1.12. The number of morpholine rings is 1. The molecule has 1 heterocycles. The Labute approximate surface area is 189 Å². The lowest BCUT2D eigenvalue weighted by Gasteiger charge is -2.33. The molecular weight excluding hydrogens is 469 g/mol. The van der Waals surface area contributed by atoms with Crippen molar-refractivity contribution in [2.24, 2.45) is 4.99 Å². The van der Waals surface area contributed by atoms with Crippen LogP contribution in [-0.4, -0.2) is 97.6 Å². The molecule has 1 aliphatic rings. The summed E-state index contributed by atoms with van der Waals surface area (Å²) >= 11 is 0. The van der Waals surface area contributed by atoms with E-state index in [1.54, 1.807) is 0 Å². The highest BCUT2D eigenvalue weighted by Crippen LogP contribution is 2.09. The summed E-state index contributed by atoms with van der Waals surface area (Å²) in [6.45, 7) is 19.9. The maximum Gasteiger partial charge on any atom is 0.191 e. The summed E-state index contributed by atoms with van der Waals surface area (Å²) < 4.78 is 5.37. The van der Waals surface area contributed by atoms with E-state index in [4.69, 9.17) is 4.74 Å². The number of rotatable bonds is 11.